The molecule has 2 amide bonds. The summed E-state index contributed by atoms with van der Waals surface area (Å²) < 4.78 is 15.6. The Kier molecular flexibility index (Phi) is 5.17. The molecule has 2 aliphatic carbocycles. The lowest BCUT2D eigenvalue weighted by Gasteiger charge is -2.26. The van der Waals surface area contributed by atoms with Gasteiger partial charge in [0.2, 0.25) is 11.7 Å². The number of amides is 2. The molecule has 4 aromatic rings. The van der Waals surface area contributed by atoms with E-state index in [1.165, 1.54) is 6.07 Å². The molecule has 7 nitrogen and oxygen atoms in total. The number of rotatable bonds is 5. The minimum absolute atomic E-state index is 0.0699. The third kappa shape index (κ3) is 3.57. The number of hydrogen-bond acceptors (Lipinski definition) is 4. The van der Waals surface area contributed by atoms with Crippen molar-refractivity contribution in [3.8, 4) is 22.4 Å². The first-order valence-electron chi connectivity index (χ1n) is 11.9. The predicted molar refractivity (Wildman–Crippen MR) is 133 cm³/mol. The molecule has 0 unspecified atom stereocenters. The van der Waals surface area contributed by atoms with Crippen molar-refractivity contribution in [2.24, 2.45) is 23.5 Å². The zero-order valence-electron chi connectivity index (χ0n) is 19.6. The van der Waals surface area contributed by atoms with Gasteiger partial charge in [0.15, 0.2) is 0 Å². The third-order valence-electron chi connectivity index (χ3n) is 7.37. The monoisotopic (exact) mass is 481 g/mol. The highest BCUT2D eigenvalue weighted by atomic mass is 19.1. The lowest BCUT2D eigenvalue weighted by molar-refractivity contribution is -0.123. The van der Waals surface area contributed by atoms with E-state index in [-0.39, 0.29) is 35.4 Å². The summed E-state index contributed by atoms with van der Waals surface area (Å²) >= 11 is 0. The number of fused-ring (bicyclic) bond motifs is 3. The Morgan fingerprint density at radius 2 is 1.89 bits per heavy atom. The Bertz CT molecular complexity index is 1560. The molecule has 1 aromatic carbocycles. The average Bonchev–Trinajstić information content (AvgIpc) is 3.60. The molecule has 3 aromatic heterocycles. The summed E-state index contributed by atoms with van der Waals surface area (Å²) in [7, 11) is 0. The van der Waals surface area contributed by atoms with Crippen LogP contribution in [0.4, 0.5) is 4.39 Å². The molecule has 180 valence electrons. The fourth-order valence-corrected chi connectivity index (χ4v) is 5.60. The summed E-state index contributed by atoms with van der Waals surface area (Å²) in [6, 6.07) is 12.2. The van der Waals surface area contributed by atoms with Crippen LogP contribution in [0, 0.1) is 30.5 Å². The summed E-state index contributed by atoms with van der Waals surface area (Å²) in [6.07, 6.45) is 10.1. The van der Waals surface area contributed by atoms with Crippen molar-refractivity contribution < 1.29 is 14.0 Å². The summed E-state index contributed by atoms with van der Waals surface area (Å²) in [5, 5.41) is 3.02. The normalized spacial score (nSPS) is 22.3. The summed E-state index contributed by atoms with van der Waals surface area (Å²) in [5.41, 5.74) is 10.1. The average molecular weight is 482 g/mol. The van der Waals surface area contributed by atoms with E-state index in [0.29, 0.717) is 11.3 Å². The van der Waals surface area contributed by atoms with Crippen LogP contribution in [0.3, 0.4) is 0 Å². The second kappa shape index (κ2) is 8.41. The minimum atomic E-state index is -0.414. The number of nitrogens with one attached hydrogen (secondary N) is 1. The van der Waals surface area contributed by atoms with Gasteiger partial charge in [-0.25, -0.2) is 9.37 Å². The van der Waals surface area contributed by atoms with Gasteiger partial charge in [0.05, 0.1) is 23.3 Å². The van der Waals surface area contributed by atoms with Crippen molar-refractivity contribution in [3.05, 3.63) is 90.4 Å². The third-order valence-corrected chi connectivity index (χ3v) is 7.37. The molecule has 36 heavy (non-hydrogen) atoms. The number of aryl methyl sites for hydroxylation is 1. The summed E-state index contributed by atoms with van der Waals surface area (Å²) in [4.78, 5) is 34.3. The van der Waals surface area contributed by atoms with Crippen molar-refractivity contribution in [2.75, 3.05) is 0 Å². The lowest BCUT2D eigenvalue weighted by atomic mass is 9.88. The number of carbonyl (C=O) groups is 2. The van der Waals surface area contributed by atoms with Crippen molar-refractivity contribution in [2.45, 2.75) is 19.4 Å². The lowest BCUT2D eigenvalue weighted by Crippen LogP contribution is -2.48. The molecular weight excluding hydrogens is 457 g/mol. The molecular formula is C28H24FN5O2. The van der Waals surface area contributed by atoms with E-state index in [4.69, 9.17) is 5.73 Å². The smallest absolute Gasteiger partial charge is 0.287 e. The van der Waals surface area contributed by atoms with Crippen molar-refractivity contribution in [1.29, 1.82) is 0 Å². The second-order valence-corrected chi connectivity index (χ2v) is 9.53. The zero-order valence-corrected chi connectivity index (χ0v) is 19.6. The zero-order chi connectivity index (χ0) is 25.0. The maximum atomic E-state index is 13.9. The van der Waals surface area contributed by atoms with E-state index >= 15 is 0 Å². The molecule has 3 heterocycles. The molecule has 3 N–H and O–H groups in total. The number of carbonyl (C=O) groups excluding carboxylic acids is 2. The second-order valence-electron chi connectivity index (χ2n) is 9.53. The topological polar surface area (TPSA) is 102 Å². The number of pyridine rings is 2. The van der Waals surface area contributed by atoms with Crippen LogP contribution >= 0.6 is 0 Å². The van der Waals surface area contributed by atoms with Crippen LogP contribution in [0.1, 0.15) is 22.6 Å². The summed E-state index contributed by atoms with van der Waals surface area (Å²) in [6.45, 7) is 1.72. The van der Waals surface area contributed by atoms with Gasteiger partial charge in [-0.1, -0.05) is 24.3 Å². The Morgan fingerprint density at radius 1 is 1.08 bits per heavy atom. The predicted octanol–water partition coefficient (Wildman–Crippen LogP) is 3.92. The van der Waals surface area contributed by atoms with Crippen molar-refractivity contribution >= 4 is 17.3 Å². The highest BCUT2D eigenvalue weighted by Gasteiger charge is 2.48. The number of aromatic nitrogens is 3. The van der Waals surface area contributed by atoms with Gasteiger partial charge in [-0.05, 0) is 61.1 Å². The SMILES string of the molecule is Cc1cc(-c2ncccc2-c2ccc3cnc(C(=O)N[C@H]4[C@H](C(N)=O)[C@@H]5C=C[C@@H]4C5)n3c2)ccc1F. The van der Waals surface area contributed by atoms with Gasteiger partial charge in [0.25, 0.3) is 5.91 Å². The van der Waals surface area contributed by atoms with Gasteiger partial charge in [-0.15, -0.1) is 0 Å². The Labute approximate surface area is 206 Å². The number of nitrogens with two attached hydrogens (primary N) is 1. The molecule has 0 aliphatic heterocycles. The maximum absolute atomic E-state index is 13.9. The number of benzene rings is 1. The van der Waals surface area contributed by atoms with Crippen LogP contribution in [0.25, 0.3) is 27.9 Å². The van der Waals surface area contributed by atoms with Crippen molar-refractivity contribution in [3.63, 3.8) is 0 Å². The molecule has 0 spiro atoms. The van der Waals surface area contributed by atoms with E-state index in [1.807, 2.05) is 36.5 Å². The molecule has 0 saturated heterocycles. The first kappa shape index (κ1) is 22.2. The molecule has 8 heteroatoms. The van der Waals surface area contributed by atoms with E-state index < -0.39 is 11.8 Å². The molecule has 2 bridgehead atoms. The van der Waals surface area contributed by atoms with Crippen LogP contribution in [0.5, 0.6) is 0 Å². The number of imidazole rings is 1. The van der Waals surface area contributed by atoms with Gasteiger partial charge in [-0.3, -0.25) is 19.0 Å². The highest BCUT2D eigenvalue weighted by Crippen LogP contribution is 2.43. The van der Waals surface area contributed by atoms with Gasteiger partial charge in [0, 0.05) is 35.1 Å². The minimum Gasteiger partial charge on any atom is -0.369 e. The van der Waals surface area contributed by atoms with Gasteiger partial charge < -0.3 is 11.1 Å². The first-order valence-corrected chi connectivity index (χ1v) is 11.9. The number of primary amides is 1. The Morgan fingerprint density at radius 3 is 2.69 bits per heavy atom. The van der Waals surface area contributed by atoms with Crippen LogP contribution in [0.2, 0.25) is 0 Å². The summed E-state index contributed by atoms with van der Waals surface area (Å²) in [5.74, 6) is -1.04. The van der Waals surface area contributed by atoms with Crippen molar-refractivity contribution in [1.82, 2.24) is 19.7 Å². The van der Waals surface area contributed by atoms with Gasteiger partial charge >= 0.3 is 0 Å². The largest absolute Gasteiger partial charge is 0.369 e. The Hall–Kier alpha value is -4.33. The standard InChI is InChI=1S/C28H24FN5O2/c1-15-11-17(7-9-22(15)29)24-21(3-2-10-31-24)19-6-8-20-13-32-27(34(20)14-19)28(36)33-25-18-5-4-16(12-18)23(25)26(30)35/h2-11,13-14,16,18,23,25H,12H2,1H3,(H2,30,35)(H,33,36)/t16-,18-,23-,25-/m1/s1. The Balaban J connectivity index is 1.36. The van der Waals surface area contributed by atoms with E-state index in [1.54, 1.807) is 35.9 Å². The molecule has 1 fully saturated rings. The number of allylic oxidation sites excluding steroid dienone is 1. The fraction of sp³-hybridized carbons (Fsp3) is 0.214. The molecule has 4 atom stereocenters. The van der Waals surface area contributed by atoms with E-state index in [0.717, 1.165) is 28.6 Å². The molecule has 0 radical (unpaired) electrons. The maximum Gasteiger partial charge on any atom is 0.287 e. The van der Waals surface area contributed by atoms with Crippen LogP contribution in [-0.2, 0) is 4.79 Å². The van der Waals surface area contributed by atoms with Crippen LogP contribution in [-0.4, -0.2) is 32.2 Å². The van der Waals surface area contributed by atoms with E-state index in [2.05, 4.69) is 21.4 Å². The first-order chi connectivity index (χ1) is 17.4. The quantitative estimate of drug-likeness (QED) is 0.422. The highest BCUT2D eigenvalue weighted by molar-refractivity contribution is 5.93. The van der Waals surface area contributed by atoms with E-state index in [9.17, 15) is 14.0 Å². The van der Waals surface area contributed by atoms with Gasteiger partial charge in [0.1, 0.15) is 5.82 Å². The van der Waals surface area contributed by atoms with Gasteiger partial charge in [-0.2, -0.15) is 0 Å². The number of nitrogens with zero attached hydrogens (tertiary/aromatic N) is 3. The van der Waals surface area contributed by atoms with Crippen LogP contribution < -0.4 is 11.1 Å². The number of halogens is 1. The molecule has 1 saturated carbocycles. The molecule has 2 aliphatic rings. The molecule has 6 rings (SSSR count). The van der Waals surface area contributed by atoms with Crippen LogP contribution in [0.15, 0.2) is 73.2 Å². The number of hydrogen-bond donors (Lipinski definition) is 2. The fourth-order valence-electron chi connectivity index (χ4n) is 5.60.